The van der Waals surface area contributed by atoms with Gasteiger partial charge in [-0.2, -0.15) is 0 Å². The third kappa shape index (κ3) is 16.0. The molecule has 58 heavy (non-hydrogen) atoms. The van der Waals surface area contributed by atoms with Gasteiger partial charge in [0.2, 0.25) is 23.6 Å². The van der Waals surface area contributed by atoms with Crippen molar-refractivity contribution in [3.63, 3.8) is 0 Å². The van der Waals surface area contributed by atoms with E-state index >= 15 is 0 Å². The fraction of sp³-hybridized carbons (Fsp3) is 0.488. The second-order valence-corrected chi connectivity index (χ2v) is 15.0. The van der Waals surface area contributed by atoms with Crippen LogP contribution in [0.25, 0.3) is 11.0 Å². The lowest BCUT2D eigenvalue weighted by molar-refractivity contribution is -0.138. The van der Waals surface area contributed by atoms with Gasteiger partial charge in [-0.1, -0.05) is 30.3 Å². The second-order valence-electron chi connectivity index (χ2n) is 15.0. The van der Waals surface area contributed by atoms with Gasteiger partial charge >= 0.3 is 17.7 Å². The number of hydrogen-bond donors (Lipinski definition) is 8. The molecule has 5 amide bonds. The third-order valence-electron chi connectivity index (χ3n) is 8.95. The van der Waals surface area contributed by atoms with Crippen LogP contribution in [0, 0.1) is 6.92 Å². The monoisotopic (exact) mass is 807 g/mol. The standard InChI is InChI=1S/C41H57N7O10/c1-25-22-35(51)57-33-24-27(16-17-28(25)33)44-36(52)29(14-8-10-20-42)45-37(53)30(15-9-11-21-43)46-38(54)31(18-19-34(49)50)47-39(55)32(23-26-12-6-5-7-13-26)48-40(56)58-41(2,3)4/h5-7,12-13,16-17,22,24,29-32H,8-11,14-15,18-21,23,42-43H2,1-4H3,(H,44,52)(H,45,53)(H,46,54)(H,47,55)(H,48,56)(H,49,50)/t29-,30-,31-,32-/m0/s1. The molecule has 1 aromatic heterocycles. The summed E-state index contributed by atoms with van der Waals surface area (Å²) in [5.41, 5.74) is 12.0. The van der Waals surface area contributed by atoms with Gasteiger partial charge in [0.05, 0.1) is 0 Å². The highest BCUT2D eigenvalue weighted by molar-refractivity contribution is 6.00. The number of nitrogens with one attached hydrogen (secondary N) is 5. The van der Waals surface area contributed by atoms with E-state index < -0.39 is 77.5 Å². The normalized spacial score (nSPS) is 13.3. The Labute approximate surface area is 337 Å². The van der Waals surface area contributed by atoms with E-state index in [2.05, 4.69) is 26.6 Å². The molecule has 0 aliphatic rings. The van der Waals surface area contributed by atoms with Gasteiger partial charge < -0.3 is 52.3 Å². The molecule has 0 radical (unpaired) electrons. The van der Waals surface area contributed by atoms with Crippen LogP contribution in [0.4, 0.5) is 10.5 Å². The topological polar surface area (TPSA) is 274 Å². The second kappa shape index (κ2) is 22.8. The van der Waals surface area contributed by atoms with Gasteiger partial charge in [0.15, 0.2) is 0 Å². The van der Waals surface area contributed by atoms with E-state index in [0.29, 0.717) is 61.0 Å². The number of alkyl carbamates (subject to hydrolysis) is 1. The Morgan fingerprint density at radius 1 is 0.724 bits per heavy atom. The van der Waals surface area contributed by atoms with Crippen LogP contribution >= 0.6 is 0 Å². The molecule has 17 nitrogen and oxygen atoms in total. The Balaban J connectivity index is 1.85. The number of aryl methyl sites for hydroxylation is 1. The molecular formula is C41H57N7O10. The molecule has 2 aromatic carbocycles. The van der Waals surface area contributed by atoms with Crippen molar-refractivity contribution >= 4 is 52.3 Å². The molecule has 0 spiro atoms. The molecular weight excluding hydrogens is 750 g/mol. The molecule has 0 saturated heterocycles. The van der Waals surface area contributed by atoms with E-state index in [4.69, 9.17) is 20.6 Å². The first-order valence-electron chi connectivity index (χ1n) is 19.4. The first-order chi connectivity index (χ1) is 27.5. The number of carboxylic acids is 1. The molecule has 0 aliphatic heterocycles. The maximum Gasteiger partial charge on any atom is 0.408 e. The van der Waals surface area contributed by atoms with Crippen LogP contribution in [0.1, 0.15) is 83.3 Å². The van der Waals surface area contributed by atoms with E-state index in [1.54, 1.807) is 70.2 Å². The van der Waals surface area contributed by atoms with Gasteiger partial charge in [-0.25, -0.2) is 9.59 Å². The Kier molecular flexibility index (Phi) is 18.3. The SMILES string of the molecule is Cc1cc(=O)oc2cc(NC(=O)[C@H](CCCCN)NC(=O)[C@H](CCCCN)NC(=O)[C@H](CCC(=O)O)NC(=O)[C@H](Cc3ccccc3)NC(=O)OC(C)(C)C)ccc12. The van der Waals surface area contributed by atoms with Crippen molar-refractivity contribution in [1.29, 1.82) is 0 Å². The highest BCUT2D eigenvalue weighted by atomic mass is 16.6. The number of rotatable bonds is 22. The van der Waals surface area contributed by atoms with Crippen LogP contribution in [0.2, 0.25) is 0 Å². The lowest BCUT2D eigenvalue weighted by Crippen LogP contribution is -2.58. The highest BCUT2D eigenvalue weighted by Gasteiger charge is 2.32. The molecule has 0 unspecified atom stereocenters. The van der Waals surface area contributed by atoms with E-state index in [1.165, 1.54) is 12.1 Å². The van der Waals surface area contributed by atoms with E-state index in [0.717, 1.165) is 0 Å². The molecule has 0 fully saturated rings. The third-order valence-corrected chi connectivity index (χ3v) is 8.95. The summed E-state index contributed by atoms with van der Waals surface area (Å²) in [5, 5.41) is 23.5. The van der Waals surface area contributed by atoms with Crippen LogP contribution in [-0.2, 0) is 35.1 Å². The molecule has 0 aliphatic carbocycles. The first-order valence-corrected chi connectivity index (χ1v) is 19.4. The summed E-state index contributed by atoms with van der Waals surface area (Å²) < 4.78 is 10.7. The molecule has 0 saturated carbocycles. The van der Waals surface area contributed by atoms with Crippen LogP contribution in [-0.4, -0.2) is 83.7 Å². The lowest BCUT2D eigenvalue weighted by Gasteiger charge is -2.27. The quantitative estimate of drug-likeness (QED) is 0.0538. The summed E-state index contributed by atoms with van der Waals surface area (Å²) >= 11 is 0. The van der Waals surface area contributed by atoms with Gasteiger partial charge in [0, 0.05) is 36.0 Å². The average molecular weight is 808 g/mol. The largest absolute Gasteiger partial charge is 0.481 e. The minimum absolute atomic E-state index is 0.0181. The van der Waals surface area contributed by atoms with E-state index in [-0.39, 0.29) is 31.3 Å². The number of fused-ring (bicyclic) bond motifs is 1. The maximum absolute atomic E-state index is 13.9. The number of benzene rings is 2. The molecule has 10 N–H and O–H groups in total. The fourth-order valence-electron chi connectivity index (χ4n) is 6.02. The molecule has 4 atom stereocenters. The van der Waals surface area contributed by atoms with Crippen molar-refractivity contribution in [2.24, 2.45) is 11.5 Å². The number of carbonyl (C=O) groups excluding carboxylic acids is 5. The molecule has 3 aromatic rings. The minimum atomic E-state index is -1.44. The van der Waals surface area contributed by atoms with Crippen LogP contribution in [0.5, 0.6) is 0 Å². The zero-order chi connectivity index (χ0) is 42.8. The average Bonchev–Trinajstić information content (AvgIpc) is 3.14. The summed E-state index contributed by atoms with van der Waals surface area (Å²) in [4.78, 5) is 91.6. The molecule has 1 heterocycles. The van der Waals surface area contributed by atoms with Gasteiger partial charge in [0.1, 0.15) is 35.4 Å². The number of ether oxygens (including phenoxy) is 1. The lowest BCUT2D eigenvalue weighted by atomic mass is 10.0. The Bertz CT molecular complexity index is 1930. The first kappa shape index (κ1) is 46.6. The predicted octanol–water partition coefficient (Wildman–Crippen LogP) is 2.75. The fourth-order valence-corrected chi connectivity index (χ4v) is 6.02. The number of aliphatic carboxylic acids is 1. The zero-order valence-electron chi connectivity index (χ0n) is 33.6. The zero-order valence-corrected chi connectivity index (χ0v) is 33.6. The minimum Gasteiger partial charge on any atom is -0.481 e. The summed E-state index contributed by atoms with van der Waals surface area (Å²) in [7, 11) is 0. The van der Waals surface area contributed by atoms with Crippen molar-refractivity contribution < 1.29 is 43.0 Å². The Morgan fingerprint density at radius 2 is 1.28 bits per heavy atom. The van der Waals surface area contributed by atoms with Gasteiger partial charge in [0.25, 0.3) is 0 Å². The van der Waals surface area contributed by atoms with Crippen LogP contribution < -0.4 is 43.7 Å². The smallest absolute Gasteiger partial charge is 0.408 e. The Hall–Kier alpha value is -5.81. The van der Waals surface area contributed by atoms with Gasteiger partial charge in [-0.3, -0.25) is 24.0 Å². The van der Waals surface area contributed by atoms with E-state index in [1.807, 2.05) is 0 Å². The summed E-state index contributed by atoms with van der Waals surface area (Å²) in [6.45, 7) is 7.40. The van der Waals surface area contributed by atoms with Crippen molar-refractivity contribution in [2.45, 2.75) is 115 Å². The molecule has 3 rings (SSSR count). The van der Waals surface area contributed by atoms with Crippen molar-refractivity contribution in [3.8, 4) is 0 Å². The van der Waals surface area contributed by atoms with Crippen molar-refractivity contribution in [2.75, 3.05) is 18.4 Å². The molecule has 316 valence electrons. The summed E-state index contributed by atoms with van der Waals surface area (Å²) in [6.07, 6.45) is 0.557. The number of anilines is 1. The number of hydrogen-bond acceptors (Lipinski definition) is 11. The van der Waals surface area contributed by atoms with Gasteiger partial charge in [-0.05, 0) is 109 Å². The Morgan fingerprint density at radius 3 is 1.83 bits per heavy atom. The van der Waals surface area contributed by atoms with Crippen LogP contribution in [0.3, 0.4) is 0 Å². The number of amides is 5. The van der Waals surface area contributed by atoms with Gasteiger partial charge in [-0.15, -0.1) is 0 Å². The van der Waals surface area contributed by atoms with Crippen LogP contribution in [0.15, 0.2) is 63.8 Å². The number of carbonyl (C=O) groups is 6. The number of carboxylic acid groups (broad SMARTS) is 1. The molecule has 17 heteroatoms. The van der Waals surface area contributed by atoms with Crippen molar-refractivity contribution in [3.05, 3.63) is 76.1 Å². The van der Waals surface area contributed by atoms with Crippen molar-refractivity contribution in [1.82, 2.24) is 21.3 Å². The maximum atomic E-state index is 13.9. The highest BCUT2D eigenvalue weighted by Crippen LogP contribution is 2.21. The molecule has 0 bridgehead atoms. The number of nitrogens with two attached hydrogens (primary N) is 2. The van der Waals surface area contributed by atoms with E-state index in [9.17, 15) is 38.7 Å². The summed E-state index contributed by atoms with van der Waals surface area (Å²) in [5.74, 6) is -4.14. The predicted molar refractivity (Wildman–Crippen MR) is 218 cm³/mol. The number of unbranched alkanes of at least 4 members (excludes halogenated alkanes) is 2. The summed E-state index contributed by atoms with van der Waals surface area (Å²) in [6, 6.07) is 10.1.